The van der Waals surface area contributed by atoms with E-state index in [2.05, 4.69) is 15.6 Å². The molecule has 7 heteroatoms. The van der Waals surface area contributed by atoms with E-state index in [4.69, 9.17) is 5.73 Å². The Morgan fingerprint density at radius 2 is 2.04 bits per heavy atom. The van der Waals surface area contributed by atoms with Crippen LogP contribution in [0.15, 0.2) is 42.6 Å². The van der Waals surface area contributed by atoms with Crippen molar-refractivity contribution < 1.29 is 9.18 Å². The zero-order valence-electron chi connectivity index (χ0n) is 14.9. The number of aromatic nitrogens is 2. The van der Waals surface area contributed by atoms with Crippen LogP contribution < -0.4 is 16.4 Å². The number of aryl methyl sites for hydroxylation is 1. The number of anilines is 2. The van der Waals surface area contributed by atoms with Crippen molar-refractivity contribution >= 4 is 17.3 Å². The van der Waals surface area contributed by atoms with E-state index in [1.54, 1.807) is 37.4 Å². The molecule has 0 fully saturated rings. The minimum Gasteiger partial charge on any atom is -0.397 e. The van der Waals surface area contributed by atoms with Gasteiger partial charge in [-0.15, -0.1) is 0 Å². The molecule has 0 radical (unpaired) electrons. The Hall–Kier alpha value is -3.19. The fourth-order valence-corrected chi connectivity index (χ4v) is 3.15. The smallest absolute Gasteiger partial charge is 0.275 e. The number of nitrogen functional groups attached to an aromatic ring is 1. The van der Waals surface area contributed by atoms with E-state index in [1.807, 2.05) is 10.6 Å². The van der Waals surface area contributed by atoms with Crippen LogP contribution in [0.25, 0.3) is 11.1 Å². The second kappa shape index (κ2) is 6.85. The number of carbonyl (C=O) groups excluding carboxylic acids is 1. The first-order valence-corrected chi connectivity index (χ1v) is 8.75. The van der Waals surface area contributed by atoms with E-state index in [9.17, 15) is 9.18 Å². The molecule has 27 heavy (non-hydrogen) atoms. The van der Waals surface area contributed by atoms with Crippen molar-refractivity contribution in [1.29, 1.82) is 0 Å². The number of imidazole rings is 1. The van der Waals surface area contributed by atoms with E-state index in [1.165, 1.54) is 6.07 Å². The first kappa shape index (κ1) is 17.2. The zero-order valence-corrected chi connectivity index (χ0v) is 14.9. The van der Waals surface area contributed by atoms with Gasteiger partial charge in [0, 0.05) is 19.3 Å². The number of nitrogens with one attached hydrogen (secondary N) is 2. The average Bonchev–Trinajstić information content (AvgIpc) is 3.10. The molecule has 0 spiro atoms. The summed E-state index contributed by atoms with van der Waals surface area (Å²) in [4.78, 5) is 17.0. The topological polar surface area (TPSA) is 85.0 Å². The van der Waals surface area contributed by atoms with Crippen molar-refractivity contribution in [2.45, 2.75) is 20.0 Å². The number of carbonyl (C=O) groups is 1. The predicted octanol–water partition coefficient (Wildman–Crippen LogP) is 2.94. The summed E-state index contributed by atoms with van der Waals surface area (Å²) >= 11 is 0. The third-order valence-corrected chi connectivity index (χ3v) is 4.70. The molecule has 3 aromatic rings. The first-order chi connectivity index (χ1) is 13.0. The quantitative estimate of drug-likeness (QED) is 0.623. The lowest BCUT2D eigenvalue weighted by atomic mass is 10.0. The molecule has 0 aliphatic carbocycles. The van der Waals surface area contributed by atoms with Crippen molar-refractivity contribution in [1.82, 2.24) is 14.9 Å². The summed E-state index contributed by atoms with van der Waals surface area (Å²) in [7, 11) is 0. The van der Waals surface area contributed by atoms with E-state index < -0.39 is 0 Å². The number of hydrogen-bond donors (Lipinski definition) is 3. The normalized spacial score (nSPS) is 13.3. The largest absolute Gasteiger partial charge is 0.397 e. The number of benzene rings is 2. The van der Waals surface area contributed by atoms with E-state index in [0.717, 1.165) is 30.0 Å². The van der Waals surface area contributed by atoms with E-state index in [-0.39, 0.29) is 11.7 Å². The summed E-state index contributed by atoms with van der Waals surface area (Å²) in [5.41, 5.74) is 9.61. The number of rotatable bonds is 3. The molecule has 4 N–H and O–H groups in total. The molecule has 2 aromatic carbocycles. The maximum atomic E-state index is 13.5. The summed E-state index contributed by atoms with van der Waals surface area (Å²) < 4.78 is 15.5. The van der Waals surface area contributed by atoms with Crippen molar-refractivity contribution in [3.63, 3.8) is 0 Å². The monoisotopic (exact) mass is 365 g/mol. The Balaban J connectivity index is 1.60. The molecule has 6 nitrogen and oxygen atoms in total. The highest BCUT2D eigenvalue weighted by molar-refractivity contribution is 6.04. The first-order valence-electron chi connectivity index (χ1n) is 8.75. The van der Waals surface area contributed by atoms with Gasteiger partial charge >= 0.3 is 0 Å². The molecule has 4 rings (SSSR count). The molecule has 0 saturated heterocycles. The molecule has 0 unspecified atom stereocenters. The van der Waals surface area contributed by atoms with Crippen LogP contribution in [0.3, 0.4) is 0 Å². The lowest BCUT2D eigenvalue weighted by molar-refractivity contribution is 0.102. The van der Waals surface area contributed by atoms with E-state index in [0.29, 0.717) is 29.2 Å². The van der Waals surface area contributed by atoms with Crippen LogP contribution in [-0.2, 0) is 13.1 Å². The van der Waals surface area contributed by atoms with Crippen LogP contribution in [0.5, 0.6) is 0 Å². The molecule has 0 atom stereocenters. The Labute approximate surface area is 156 Å². The summed E-state index contributed by atoms with van der Waals surface area (Å²) in [6.45, 7) is 4.01. The highest BCUT2D eigenvalue weighted by Crippen LogP contribution is 2.28. The Bertz CT molecular complexity index is 1000. The van der Waals surface area contributed by atoms with Crippen LogP contribution >= 0.6 is 0 Å². The van der Waals surface area contributed by atoms with Gasteiger partial charge in [0.1, 0.15) is 17.3 Å². The molecule has 0 bridgehead atoms. The predicted molar refractivity (Wildman–Crippen MR) is 103 cm³/mol. The van der Waals surface area contributed by atoms with Gasteiger partial charge in [0.25, 0.3) is 5.91 Å². The van der Waals surface area contributed by atoms with Gasteiger partial charge < -0.3 is 20.9 Å². The van der Waals surface area contributed by atoms with Gasteiger partial charge in [0.2, 0.25) is 0 Å². The standard InChI is InChI=1S/C20H20FN5O/c1-12-8-13(2-4-15(12)21)14-3-5-16(22)17(9-14)25-20(27)18-11-26-7-6-23-10-19(26)24-18/h2-5,8-9,11,23H,6-7,10,22H2,1H3,(H,25,27). The molecule has 1 aromatic heterocycles. The van der Waals surface area contributed by atoms with Crippen LogP contribution in [0, 0.1) is 12.7 Å². The highest BCUT2D eigenvalue weighted by Gasteiger charge is 2.17. The lowest BCUT2D eigenvalue weighted by Crippen LogP contribution is -2.27. The van der Waals surface area contributed by atoms with Crippen molar-refractivity contribution in [3.05, 3.63) is 65.5 Å². The highest BCUT2D eigenvalue weighted by atomic mass is 19.1. The second-order valence-corrected chi connectivity index (χ2v) is 6.63. The van der Waals surface area contributed by atoms with Gasteiger partial charge in [0.15, 0.2) is 0 Å². The maximum absolute atomic E-state index is 13.5. The molecule has 1 amide bonds. The van der Waals surface area contributed by atoms with Crippen LogP contribution in [0.2, 0.25) is 0 Å². The van der Waals surface area contributed by atoms with Gasteiger partial charge in [-0.25, -0.2) is 9.37 Å². The number of nitrogens with zero attached hydrogens (tertiary/aromatic N) is 2. The van der Waals surface area contributed by atoms with Crippen molar-refractivity contribution in [3.8, 4) is 11.1 Å². The number of hydrogen-bond acceptors (Lipinski definition) is 4. The van der Waals surface area contributed by atoms with Crippen molar-refractivity contribution in [2.24, 2.45) is 0 Å². The van der Waals surface area contributed by atoms with Gasteiger partial charge in [-0.1, -0.05) is 12.1 Å². The van der Waals surface area contributed by atoms with Gasteiger partial charge in [-0.05, 0) is 47.9 Å². The second-order valence-electron chi connectivity index (χ2n) is 6.63. The van der Waals surface area contributed by atoms with Crippen LogP contribution in [-0.4, -0.2) is 22.0 Å². The number of nitrogens with two attached hydrogens (primary N) is 1. The number of fused-ring (bicyclic) bond motifs is 1. The molecule has 1 aliphatic heterocycles. The fraction of sp³-hybridized carbons (Fsp3) is 0.200. The summed E-state index contributed by atoms with van der Waals surface area (Å²) in [5.74, 6) is 0.284. The molecule has 0 saturated carbocycles. The summed E-state index contributed by atoms with van der Waals surface area (Å²) in [5, 5.41) is 6.06. The third kappa shape index (κ3) is 3.41. The zero-order chi connectivity index (χ0) is 19.0. The molecule has 2 heterocycles. The van der Waals surface area contributed by atoms with E-state index >= 15 is 0 Å². The summed E-state index contributed by atoms with van der Waals surface area (Å²) in [6.07, 6.45) is 1.76. The maximum Gasteiger partial charge on any atom is 0.275 e. The molecular weight excluding hydrogens is 345 g/mol. The minimum absolute atomic E-state index is 0.249. The minimum atomic E-state index is -0.309. The average molecular weight is 365 g/mol. The Kier molecular flexibility index (Phi) is 4.37. The SMILES string of the molecule is Cc1cc(-c2ccc(N)c(NC(=O)c3cn4c(n3)CNCC4)c2)ccc1F. The fourth-order valence-electron chi connectivity index (χ4n) is 3.15. The number of amides is 1. The Morgan fingerprint density at radius 1 is 1.26 bits per heavy atom. The Morgan fingerprint density at radius 3 is 2.81 bits per heavy atom. The molecule has 1 aliphatic rings. The third-order valence-electron chi connectivity index (χ3n) is 4.70. The molecule has 138 valence electrons. The number of halogens is 1. The van der Waals surface area contributed by atoms with Gasteiger partial charge in [-0.2, -0.15) is 0 Å². The summed E-state index contributed by atoms with van der Waals surface area (Å²) in [6, 6.07) is 10.3. The van der Waals surface area contributed by atoms with Crippen molar-refractivity contribution in [2.75, 3.05) is 17.6 Å². The van der Waals surface area contributed by atoms with Gasteiger partial charge in [0.05, 0.1) is 17.9 Å². The lowest BCUT2D eigenvalue weighted by Gasteiger charge is -2.13. The van der Waals surface area contributed by atoms with Crippen LogP contribution in [0.4, 0.5) is 15.8 Å². The van der Waals surface area contributed by atoms with Crippen LogP contribution in [0.1, 0.15) is 21.9 Å². The van der Waals surface area contributed by atoms with Gasteiger partial charge in [-0.3, -0.25) is 4.79 Å². The molecular formula is C20H20FN5O.